The molecule has 5 heteroatoms. The van der Waals surface area contributed by atoms with Gasteiger partial charge in [-0.3, -0.25) is 4.99 Å². The molecule has 0 bridgehead atoms. The topological polar surface area (TPSA) is 27.6 Å². The number of piperidine rings is 1. The highest BCUT2D eigenvalue weighted by Gasteiger charge is 2.23. The summed E-state index contributed by atoms with van der Waals surface area (Å²) >= 11 is 0. The number of nitrogens with zero attached hydrogens (tertiary/aromatic N) is 2. The average Bonchev–Trinajstić information content (AvgIpc) is 2.45. The highest BCUT2D eigenvalue weighted by atomic mass is 19.1. The zero-order valence-electron chi connectivity index (χ0n) is 13.6. The summed E-state index contributed by atoms with van der Waals surface area (Å²) in [6, 6.07) is 3.97. The Hall–Kier alpha value is -1.65. The maximum Gasteiger partial charge on any atom is 0.193 e. The first kappa shape index (κ1) is 16.7. The molecular formula is C17H25F2N3. The van der Waals surface area contributed by atoms with Crippen LogP contribution in [-0.2, 0) is 6.42 Å². The summed E-state index contributed by atoms with van der Waals surface area (Å²) in [5.41, 5.74) is 0.130. The lowest BCUT2D eigenvalue weighted by Crippen LogP contribution is -2.48. The molecule has 0 amide bonds. The minimum atomic E-state index is -0.489. The molecule has 1 fully saturated rings. The van der Waals surface area contributed by atoms with Gasteiger partial charge in [-0.2, -0.15) is 0 Å². The molecule has 22 heavy (non-hydrogen) atoms. The van der Waals surface area contributed by atoms with Crippen LogP contribution in [-0.4, -0.2) is 37.5 Å². The van der Waals surface area contributed by atoms with Crippen LogP contribution < -0.4 is 5.32 Å². The molecule has 2 unspecified atom stereocenters. The summed E-state index contributed by atoms with van der Waals surface area (Å²) in [4.78, 5) is 6.53. The summed E-state index contributed by atoms with van der Waals surface area (Å²) in [5, 5.41) is 3.23. The van der Waals surface area contributed by atoms with Gasteiger partial charge in [-0.25, -0.2) is 8.78 Å². The molecule has 0 aliphatic carbocycles. The third-order valence-corrected chi connectivity index (χ3v) is 4.10. The molecule has 1 aromatic carbocycles. The van der Waals surface area contributed by atoms with Crippen molar-refractivity contribution in [3.05, 3.63) is 35.4 Å². The van der Waals surface area contributed by atoms with Gasteiger partial charge in [0.1, 0.15) is 11.6 Å². The zero-order chi connectivity index (χ0) is 16.1. The molecular weight excluding hydrogens is 284 g/mol. The van der Waals surface area contributed by atoms with Crippen LogP contribution in [0.5, 0.6) is 0 Å². The van der Waals surface area contributed by atoms with Crippen LogP contribution in [0.1, 0.15) is 25.8 Å². The van der Waals surface area contributed by atoms with Crippen molar-refractivity contribution in [2.75, 3.05) is 26.7 Å². The third kappa shape index (κ3) is 4.18. The van der Waals surface area contributed by atoms with Crippen molar-refractivity contribution in [3.8, 4) is 0 Å². The van der Waals surface area contributed by atoms with Gasteiger partial charge in [-0.1, -0.05) is 19.9 Å². The molecule has 2 rings (SSSR count). The second-order valence-corrected chi connectivity index (χ2v) is 6.28. The van der Waals surface area contributed by atoms with E-state index >= 15 is 0 Å². The number of aliphatic imine (C=N–C) groups is 1. The highest BCUT2D eigenvalue weighted by molar-refractivity contribution is 5.80. The summed E-state index contributed by atoms with van der Waals surface area (Å²) in [7, 11) is 1.75. The molecule has 0 radical (unpaired) electrons. The first-order valence-electron chi connectivity index (χ1n) is 7.89. The fourth-order valence-electron chi connectivity index (χ4n) is 3.24. The molecule has 1 aromatic rings. The van der Waals surface area contributed by atoms with Gasteiger partial charge in [0.05, 0.1) is 0 Å². The Bertz CT molecular complexity index is 500. The number of benzene rings is 1. The van der Waals surface area contributed by atoms with E-state index in [0.717, 1.165) is 19.0 Å². The molecule has 1 N–H and O–H groups in total. The number of halogens is 2. The number of guanidine groups is 1. The lowest BCUT2D eigenvalue weighted by molar-refractivity contribution is 0.208. The summed E-state index contributed by atoms with van der Waals surface area (Å²) in [6.45, 7) is 6.88. The van der Waals surface area contributed by atoms with E-state index in [1.165, 1.54) is 24.6 Å². The Labute approximate surface area is 131 Å². The molecule has 1 saturated heterocycles. The van der Waals surface area contributed by atoms with Gasteiger partial charge in [0, 0.05) is 32.2 Å². The fourth-order valence-corrected chi connectivity index (χ4v) is 3.24. The number of rotatable bonds is 3. The van der Waals surface area contributed by atoms with Crippen LogP contribution in [0.4, 0.5) is 8.78 Å². The van der Waals surface area contributed by atoms with Crippen LogP contribution in [0.25, 0.3) is 0 Å². The predicted octanol–water partition coefficient (Wildman–Crippen LogP) is 3.06. The van der Waals surface area contributed by atoms with Crippen LogP contribution in [0.2, 0.25) is 0 Å². The standard InChI is InChI=1S/C17H25F2N3/c1-12-9-13(2)11-22(10-12)17(20-3)21-8-7-14-15(18)5-4-6-16(14)19/h4-6,12-13H,7-11H2,1-3H3,(H,20,21). The summed E-state index contributed by atoms with van der Waals surface area (Å²) in [6.07, 6.45) is 1.53. The number of likely N-dealkylation sites (tertiary alicyclic amines) is 1. The Kier molecular flexibility index (Phi) is 5.75. The van der Waals surface area contributed by atoms with Crippen LogP contribution in [0.3, 0.4) is 0 Å². The molecule has 0 aromatic heterocycles. The van der Waals surface area contributed by atoms with Crippen molar-refractivity contribution in [2.45, 2.75) is 26.7 Å². The van der Waals surface area contributed by atoms with E-state index in [1.807, 2.05) is 0 Å². The second-order valence-electron chi connectivity index (χ2n) is 6.28. The molecule has 2 atom stereocenters. The number of hydrogen-bond donors (Lipinski definition) is 1. The zero-order valence-corrected chi connectivity index (χ0v) is 13.6. The maximum atomic E-state index is 13.6. The van der Waals surface area contributed by atoms with Crippen LogP contribution in [0, 0.1) is 23.5 Å². The molecule has 3 nitrogen and oxygen atoms in total. The van der Waals surface area contributed by atoms with Gasteiger partial charge in [0.2, 0.25) is 0 Å². The van der Waals surface area contributed by atoms with E-state index in [-0.39, 0.29) is 5.56 Å². The minimum Gasteiger partial charge on any atom is -0.356 e. The molecule has 1 aliphatic heterocycles. The van der Waals surface area contributed by atoms with E-state index in [2.05, 4.69) is 29.1 Å². The Morgan fingerprint density at radius 1 is 1.23 bits per heavy atom. The first-order chi connectivity index (χ1) is 10.5. The van der Waals surface area contributed by atoms with Gasteiger partial charge in [-0.05, 0) is 36.8 Å². The normalized spacial score (nSPS) is 22.8. The molecule has 0 spiro atoms. The predicted molar refractivity (Wildman–Crippen MR) is 85.9 cm³/mol. The van der Waals surface area contributed by atoms with Crippen molar-refractivity contribution < 1.29 is 8.78 Å². The lowest BCUT2D eigenvalue weighted by atomic mass is 9.92. The summed E-state index contributed by atoms with van der Waals surface area (Å²) < 4.78 is 27.2. The minimum absolute atomic E-state index is 0.130. The fraction of sp³-hybridized carbons (Fsp3) is 0.588. The first-order valence-corrected chi connectivity index (χ1v) is 7.89. The molecule has 1 heterocycles. The van der Waals surface area contributed by atoms with Crippen molar-refractivity contribution in [1.82, 2.24) is 10.2 Å². The van der Waals surface area contributed by atoms with Crippen LogP contribution >= 0.6 is 0 Å². The van der Waals surface area contributed by atoms with Crippen molar-refractivity contribution in [3.63, 3.8) is 0 Å². The van der Waals surface area contributed by atoms with E-state index in [4.69, 9.17) is 0 Å². The van der Waals surface area contributed by atoms with Gasteiger partial charge in [0.25, 0.3) is 0 Å². The number of nitrogens with one attached hydrogen (secondary N) is 1. The van der Waals surface area contributed by atoms with E-state index < -0.39 is 11.6 Å². The van der Waals surface area contributed by atoms with Gasteiger partial charge in [-0.15, -0.1) is 0 Å². The lowest BCUT2D eigenvalue weighted by Gasteiger charge is -2.37. The van der Waals surface area contributed by atoms with E-state index in [1.54, 1.807) is 7.05 Å². The van der Waals surface area contributed by atoms with Crippen molar-refractivity contribution in [2.24, 2.45) is 16.8 Å². The Balaban J connectivity index is 1.92. The van der Waals surface area contributed by atoms with Crippen molar-refractivity contribution in [1.29, 1.82) is 0 Å². The largest absolute Gasteiger partial charge is 0.356 e. The average molecular weight is 309 g/mol. The van der Waals surface area contributed by atoms with E-state index in [0.29, 0.717) is 24.8 Å². The van der Waals surface area contributed by atoms with Gasteiger partial charge >= 0.3 is 0 Å². The maximum absolute atomic E-state index is 13.6. The monoisotopic (exact) mass is 309 g/mol. The highest BCUT2D eigenvalue weighted by Crippen LogP contribution is 2.20. The second kappa shape index (κ2) is 7.56. The molecule has 1 aliphatic rings. The molecule has 122 valence electrons. The van der Waals surface area contributed by atoms with Gasteiger partial charge in [0.15, 0.2) is 5.96 Å². The SMILES string of the molecule is CN=C(NCCc1c(F)cccc1F)N1CC(C)CC(C)C1. The Morgan fingerprint density at radius 2 is 1.82 bits per heavy atom. The third-order valence-electron chi connectivity index (χ3n) is 4.10. The number of hydrogen-bond acceptors (Lipinski definition) is 1. The smallest absolute Gasteiger partial charge is 0.193 e. The van der Waals surface area contributed by atoms with Gasteiger partial charge < -0.3 is 10.2 Å². The quantitative estimate of drug-likeness (QED) is 0.686. The molecule has 0 saturated carbocycles. The van der Waals surface area contributed by atoms with Crippen molar-refractivity contribution >= 4 is 5.96 Å². The van der Waals surface area contributed by atoms with E-state index in [9.17, 15) is 8.78 Å². The van der Waals surface area contributed by atoms with Crippen LogP contribution in [0.15, 0.2) is 23.2 Å². The Morgan fingerprint density at radius 3 is 2.36 bits per heavy atom. The summed E-state index contributed by atoms with van der Waals surface area (Å²) in [5.74, 6) is 1.10.